The van der Waals surface area contributed by atoms with Crippen LogP contribution in [0.5, 0.6) is 0 Å². The minimum Gasteiger partial charge on any atom is -0.246 e. The summed E-state index contributed by atoms with van der Waals surface area (Å²) in [5, 5.41) is 16.2. The Hall–Kier alpha value is -2.53. The van der Waals surface area contributed by atoms with Gasteiger partial charge in [-0.1, -0.05) is 0 Å². The number of hydrogen-bond acceptors (Lipinski definition) is 6. The fourth-order valence-corrected chi connectivity index (χ4v) is 2.33. The lowest BCUT2D eigenvalue weighted by Gasteiger charge is -2.07. The van der Waals surface area contributed by atoms with Crippen molar-refractivity contribution in [3.8, 4) is 6.07 Å². The van der Waals surface area contributed by atoms with Gasteiger partial charge in [-0.05, 0) is 38.1 Å². The summed E-state index contributed by atoms with van der Waals surface area (Å²) in [4.78, 5) is 4.03. The van der Waals surface area contributed by atoms with Crippen molar-refractivity contribution in [1.82, 2.24) is 15.2 Å². The van der Waals surface area contributed by atoms with Crippen molar-refractivity contribution < 1.29 is 8.42 Å². The lowest BCUT2D eigenvalue weighted by atomic mass is 10.2. The van der Waals surface area contributed by atoms with Crippen molar-refractivity contribution in [2.45, 2.75) is 18.7 Å². The molecule has 0 spiro atoms. The second kappa shape index (κ2) is 5.22. The van der Waals surface area contributed by atoms with Crippen LogP contribution in [0.1, 0.15) is 17.0 Å². The number of aromatic nitrogens is 3. The third-order valence-corrected chi connectivity index (χ3v) is 3.96. The van der Waals surface area contributed by atoms with Gasteiger partial charge in [-0.25, -0.2) is 18.1 Å². The summed E-state index contributed by atoms with van der Waals surface area (Å²) >= 11 is 0. The smallest absolute Gasteiger partial charge is 0.246 e. The monoisotopic (exact) mass is 289 g/mol. The molecule has 20 heavy (non-hydrogen) atoms. The maximum absolute atomic E-state index is 12.1. The standard InChI is InChI=1S/C12H11N5O2S/c1-8-9(2)15-16-12(14-8)17-20(18,19)11-5-3-10(7-13)4-6-11/h3-6H,1-2H3,(H,14,16,17). The van der Waals surface area contributed by atoms with Crippen molar-refractivity contribution in [3.05, 3.63) is 41.2 Å². The fraction of sp³-hybridized carbons (Fsp3) is 0.167. The van der Waals surface area contributed by atoms with Crippen molar-refractivity contribution in [3.63, 3.8) is 0 Å². The Balaban J connectivity index is 2.30. The quantitative estimate of drug-likeness (QED) is 0.908. The average molecular weight is 289 g/mol. The third kappa shape index (κ3) is 2.89. The Morgan fingerprint density at radius 2 is 1.75 bits per heavy atom. The van der Waals surface area contributed by atoms with E-state index in [-0.39, 0.29) is 10.8 Å². The first-order valence-electron chi connectivity index (χ1n) is 5.63. The number of sulfonamides is 1. The van der Waals surface area contributed by atoms with Crippen LogP contribution < -0.4 is 4.72 Å². The maximum Gasteiger partial charge on any atom is 0.264 e. The van der Waals surface area contributed by atoms with E-state index in [0.29, 0.717) is 17.0 Å². The molecule has 0 bridgehead atoms. The molecule has 2 rings (SSSR count). The zero-order valence-electron chi connectivity index (χ0n) is 10.8. The first-order valence-corrected chi connectivity index (χ1v) is 7.11. The first kappa shape index (κ1) is 13.9. The van der Waals surface area contributed by atoms with E-state index in [9.17, 15) is 8.42 Å². The summed E-state index contributed by atoms with van der Waals surface area (Å²) in [6.45, 7) is 3.44. The van der Waals surface area contributed by atoms with Gasteiger partial charge >= 0.3 is 0 Å². The van der Waals surface area contributed by atoms with E-state index in [1.807, 2.05) is 6.07 Å². The van der Waals surface area contributed by atoms with Gasteiger partial charge in [0.15, 0.2) is 0 Å². The molecule has 0 saturated heterocycles. The summed E-state index contributed by atoms with van der Waals surface area (Å²) in [6.07, 6.45) is 0. The molecule has 1 aromatic carbocycles. The zero-order valence-corrected chi connectivity index (χ0v) is 11.6. The van der Waals surface area contributed by atoms with E-state index in [4.69, 9.17) is 5.26 Å². The zero-order chi connectivity index (χ0) is 14.8. The molecular formula is C12H11N5O2S. The van der Waals surface area contributed by atoms with Crippen LogP contribution in [0.4, 0.5) is 5.95 Å². The molecule has 102 valence electrons. The van der Waals surface area contributed by atoms with Gasteiger partial charge in [-0.3, -0.25) is 0 Å². The molecule has 0 unspecified atom stereocenters. The van der Waals surface area contributed by atoms with Crippen LogP contribution in [0.2, 0.25) is 0 Å². The van der Waals surface area contributed by atoms with Crippen LogP contribution in [0.3, 0.4) is 0 Å². The molecule has 0 aliphatic rings. The van der Waals surface area contributed by atoms with Gasteiger partial charge in [0.05, 0.1) is 27.9 Å². The van der Waals surface area contributed by atoms with Gasteiger partial charge < -0.3 is 0 Å². The van der Waals surface area contributed by atoms with E-state index in [0.717, 1.165) is 0 Å². The topological polar surface area (TPSA) is 109 Å². The normalized spacial score (nSPS) is 10.8. The van der Waals surface area contributed by atoms with E-state index in [2.05, 4.69) is 19.9 Å². The summed E-state index contributed by atoms with van der Waals surface area (Å²) in [5.41, 5.74) is 1.61. The van der Waals surface area contributed by atoms with E-state index < -0.39 is 10.0 Å². The number of nitrogens with one attached hydrogen (secondary N) is 1. The Morgan fingerprint density at radius 3 is 2.30 bits per heavy atom. The van der Waals surface area contributed by atoms with Crippen LogP contribution in [0.15, 0.2) is 29.2 Å². The molecule has 0 aliphatic carbocycles. The summed E-state index contributed by atoms with van der Waals surface area (Å²) in [5.74, 6) is -0.0857. The Kier molecular flexibility index (Phi) is 3.63. The number of anilines is 1. The Labute approximate surface area is 116 Å². The predicted molar refractivity (Wildman–Crippen MR) is 71.3 cm³/mol. The molecule has 2 aromatic rings. The molecule has 0 radical (unpaired) electrons. The number of rotatable bonds is 3. The molecule has 0 atom stereocenters. The van der Waals surface area contributed by atoms with Crippen LogP contribution >= 0.6 is 0 Å². The number of hydrogen-bond donors (Lipinski definition) is 1. The minimum absolute atomic E-state index is 0.0262. The minimum atomic E-state index is -3.79. The van der Waals surface area contributed by atoms with Gasteiger partial charge in [0.1, 0.15) is 0 Å². The highest BCUT2D eigenvalue weighted by molar-refractivity contribution is 7.92. The fourth-order valence-electron chi connectivity index (χ4n) is 1.39. The van der Waals surface area contributed by atoms with Crippen molar-refractivity contribution in [1.29, 1.82) is 5.26 Å². The maximum atomic E-state index is 12.1. The van der Waals surface area contributed by atoms with Crippen LogP contribution in [-0.2, 0) is 10.0 Å². The number of aryl methyl sites for hydroxylation is 2. The second-order valence-electron chi connectivity index (χ2n) is 4.05. The molecule has 8 heteroatoms. The van der Waals surface area contributed by atoms with Gasteiger partial charge in [-0.15, -0.1) is 5.10 Å². The molecule has 7 nitrogen and oxygen atoms in total. The third-order valence-electron chi connectivity index (χ3n) is 2.61. The van der Waals surface area contributed by atoms with Gasteiger partial charge in [0.25, 0.3) is 16.0 Å². The first-order chi connectivity index (χ1) is 9.42. The molecule has 0 fully saturated rings. The van der Waals surface area contributed by atoms with Crippen molar-refractivity contribution in [2.75, 3.05) is 4.72 Å². The van der Waals surface area contributed by atoms with E-state index >= 15 is 0 Å². The summed E-state index contributed by atoms with van der Waals surface area (Å²) < 4.78 is 26.4. The van der Waals surface area contributed by atoms with Gasteiger partial charge in [-0.2, -0.15) is 10.4 Å². The number of nitrogens with zero attached hydrogens (tertiary/aromatic N) is 4. The predicted octanol–water partition coefficient (Wildman–Crippen LogP) is 1.16. The Bertz CT molecular complexity index is 778. The van der Waals surface area contributed by atoms with Gasteiger partial charge in [0, 0.05) is 0 Å². The highest BCUT2D eigenvalue weighted by Gasteiger charge is 2.16. The van der Waals surface area contributed by atoms with Crippen LogP contribution in [0, 0.1) is 25.2 Å². The van der Waals surface area contributed by atoms with Crippen molar-refractivity contribution in [2.24, 2.45) is 0 Å². The van der Waals surface area contributed by atoms with Crippen LogP contribution in [0.25, 0.3) is 0 Å². The van der Waals surface area contributed by atoms with Crippen LogP contribution in [-0.4, -0.2) is 23.6 Å². The van der Waals surface area contributed by atoms with E-state index in [1.54, 1.807) is 13.8 Å². The van der Waals surface area contributed by atoms with Crippen molar-refractivity contribution >= 4 is 16.0 Å². The Morgan fingerprint density at radius 1 is 1.10 bits per heavy atom. The summed E-state index contributed by atoms with van der Waals surface area (Å²) in [6, 6.07) is 7.45. The second-order valence-corrected chi connectivity index (χ2v) is 5.73. The molecule has 1 N–H and O–H groups in total. The molecule has 1 heterocycles. The molecule has 1 aromatic heterocycles. The lowest BCUT2D eigenvalue weighted by molar-refractivity contribution is 0.600. The number of nitriles is 1. The highest BCUT2D eigenvalue weighted by Crippen LogP contribution is 2.14. The molecule has 0 saturated carbocycles. The SMILES string of the molecule is Cc1nnc(NS(=O)(=O)c2ccc(C#N)cc2)nc1C. The largest absolute Gasteiger partial charge is 0.264 e. The average Bonchev–Trinajstić information content (AvgIpc) is 2.43. The summed E-state index contributed by atoms with van der Waals surface area (Å²) in [7, 11) is -3.79. The lowest BCUT2D eigenvalue weighted by Crippen LogP contribution is -2.16. The molecular weight excluding hydrogens is 278 g/mol. The highest BCUT2D eigenvalue weighted by atomic mass is 32.2. The van der Waals surface area contributed by atoms with Gasteiger partial charge in [0.2, 0.25) is 0 Å². The number of benzene rings is 1. The molecule has 0 aliphatic heterocycles. The van der Waals surface area contributed by atoms with E-state index in [1.165, 1.54) is 24.3 Å². The molecule has 0 amide bonds.